The molecule has 0 atom stereocenters. The maximum absolute atomic E-state index is 13.3. The molecule has 0 aliphatic heterocycles. The van der Waals surface area contributed by atoms with Gasteiger partial charge < -0.3 is 20.3 Å². The van der Waals surface area contributed by atoms with Crippen molar-refractivity contribution < 1.29 is 22.7 Å². The summed E-state index contributed by atoms with van der Waals surface area (Å²) in [5.74, 6) is 0.432. The van der Waals surface area contributed by atoms with Crippen LogP contribution in [0.1, 0.15) is 19.4 Å². The van der Waals surface area contributed by atoms with E-state index in [0.717, 1.165) is 40.1 Å². The van der Waals surface area contributed by atoms with Crippen LogP contribution < -0.4 is 20.3 Å². The largest absolute Gasteiger partial charge is 0.573 e. The molecule has 0 aliphatic rings. The second-order valence-electron chi connectivity index (χ2n) is 10.4. The number of nitrogens with one attached hydrogen (secondary N) is 3. The van der Waals surface area contributed by atoms with Crippen LogP contribution in [0.5, 0.6) is 5.75 Å². The van der Waals surface area contributed by atoms with Crippen LogP contribution in [0.2, 0.25) is 0 Å². The Kier molecular flexibility index (Phi) is 9.08. The van der Waals surface area contributed by atoms with Crippen molar-refractivity contribution >= 4 is 23.1 Å². The summed E-state index contributed by atoms with van der Waals surface area (Å²) in [4.78, 5) is 15.5. The summed E-state index contributed by atoms with van der Waals surface area (Å²) in [6.45, 7) is 5.57. The standard InChI is InChI=1S/C32H30F3N7O2/c1-21(2)19-42(20-22-8-4-3-5-9-22)29-17-12-23(26-10-6-7-11-27(26)30-38-40-41-39-30)18-28(29)37-31(43)36-24-13-15-25(16-14-24)44-32(33,34)35/h3-18,21H,19-20H2,1-2H3,(H2,36,37,43)(H,38,39,40,41). The summed E-state index contributed by atoms with van der Waals surface area (Å²) in [5.41, 5.74) is 5.19. The van der Waals surface area contributed by atoms with E-state index in [9.17, 15) is 18.0 Å². The summed E-state index contributed by atoms with van der Waals surface area (Å²) in [6, 6.07) is 27.9. The number of tetrazole rings is 1. The Balaban J connectivity index is 1.49. The van der Waals surface area contributed by atoms with E-state index in [1.165, 1.54) is 12.1 Å². The molecule has 0 bridgehead atoms. The number of amides is 2. The Labute approximate surface area is 252 Å². The maximum Gasteiger partial charge on any atom is 0.573 e. The van der Waals surface area contributed by atoms with Crippen molar-refractivity contribution in [3.63, 3.8) is 0 Å². The number of hydrogen-bond donors (Lipinski definition) is 3. The first-order valence-corrected chi connectivity index (χ1v) is 13.8. The Hall–Kier alpha value is -5.39. The average molecular weight is 602 g/mol. The number of ether oxygens (including phenoxy) is 1. The summed E-state index contributed by atoms with van der Waals surface area (Å²) in [7, 11) is 0. The predicted octanol–water partition coefficient (Wildman–Crippen LogP) is 7.74. The van der Waals surface area contributed by atoms with Gasteiger partial charge in [-0.15, -0.1) is 18.3 Å². The van der Waals surface area contributed by atoms with Crippen LogP contribution >= 0.6 is 0 Å². The molecule has 0 saturated carbocycles. The molecule has 44 heavy (non-hydrogen) atoms. The van der Waals surface area contributed by atoms with Gasteiger partial charge in [0.25, 0.3) is 0 Å². The van der Waals surface area contributed by atoms with E-state index in [1.807, 2.05) is 60.7 Å². The summed E-state index contributed by atoms with van der Waals surface area (Å²) in [6.07, 6.45) is -4.81. The molecule has 0 saturated heterocycles. The minimum absolute atomic E-state index is 0.293. The van der Waals surface area contributed by atoms with Crippen molar-refractivity contribution in [2.24, 2.45) is 5.92 Å². The number of nitrogens with zero attached hydrogens (tertiary/aromatic N) is 4. The van der Waals surface area contributed by atoms with E-state index in [-0.39, 0.29) is 5.75 Å². The Morgan fingerprint density at radius 2 is 1.61 bits per heavy atom. The lowest BCUT2D eigenvalue weighted by Crippen LogP contribution is -2.29. The molecule has 0 unspecified atom stereocenters. The third-order valence-electron chi connectivity index (χ3n) is 6.57. The minimum atomic E-state index is -4.81. The van der Waals surface area contributed by atoms with E-state index in [0.29, 0.717) is 36.2 Å². The molecular formula is C32H30F3N7O2. The van der Waals surface area contributed by atoms with Gasteiger partial charge >= 0.3 is 12.4 Å². The van der Waals surface area contributed by atoms with Crippen LogP contribution in [0.3, 0.4) is 0 Å². The van der Waals surface area contributed by atoms with Gasteiger partial charge in [-0.3, -0.25) is 0 Å². The normalized spacial score (nSPS) is 11.3. The van der Waals surface area contributed by atoms with Crippen molar-refractivity contribution in [1.29, 1.82) is 0 Å². The van der Waals surface area contributed by atoms with Crippen molar-refractivity contribution in [3.8, 4) is 28.3 Å². The number of alkyl halides is 3. The molecule has 12 heteroatoms. The molecule has 0 fully saturated rings. The highest BCUT2D eigenvalue weighted by molar-refractivity contribution is 6.02. The number of aromatic amines is 1. The molecule has 5 aromatic rings. The van der Waals surface area contributed by atoms with Gasteiger partial charge in [-0.2, -0.15) is 0 Å². The molecule has 1 heterocycles. The summed E-state index contributed by atoms with van der Waals surface area (Å²) < 4.78 is 41.6. The van der Waals surface area contributed by atoms with E-state index < -0.39 is 12.4 Å². The van der Waals surface area contributed by atoms with Crippen LogP contribution in [-0.2, 0) is 6.54 Å². The Morgan fingerprint density at radius 1 is 0.909 bits per heavy atom. The molecule has 5 rings (SSSR count). The number of carbonyl (C=O) groups is 1. The second-order valence-corrected chi connectivity index (χ2v) is 10.4. The van der Waals surface area contributed by atoms with Crippen molar-refractivity contribution in [1.82, 2.24) is 20.6 Å². The lowest BCUT2D eigenvalue weighted by molar-refractivity contribution is -0.274. The molecule has 9 nitrogen and oxygen atoms in total. The van der Waals surface area contributed by atoms with Gasteiger partial charge in [-0.25, -0.2) is 9.89 Å². The zero-order chi connectivity index (χ0) is 31.1. The van der Waals surface area contributed by atoms with Gasteiger partial charge in [0.1, 0.15) is 5.75 Å². The quantitative estimate of drug-likeness (QED) is 0.151. The van der Waals surface area contributed by atoms with Gasteiger partial charge in [0, 0.05) is 24.3 Å². The van der Waals surface area contributed by atoms with Crippen molar-refractivity contribution in [2.45, 2.75) is 26.8 Å². The number of anilines is 3. The fraction of sp³-hybridized carbons (Fsp3) is 0.188. The SMILES string of the molecule is CC(C)CN(Cc1ccccc1)c1ccc(-c2ccccc2-c2nnn[nH]2)cc1NC(=O)Nc1ccc(OC(F)(F)F)cc1. The monoisotopic (exact) mass is 601 g/mol. The number of aromatic nitrogens is 4. The molecule has 0 spiro atoms. The second kappa shape index (κ2) is 13.3. The minimum Gasteiger partial charge on any atom is -0.406 e. The van der Waals surface area contributed by atoms with Crippen LogP contribution in [-0.4, -0.2) is 39.6 Å². The first-order valence-electron chi connectivity index (χ1n) is 13.8. The highest BCUT2D eigenvalue weighted by Crippen LogP contribution is 2.36. The van der Waals surface area contributed by atoms with Gasteiger partial charge in [0.2, 0.25) is 0 Å². The number of halogens is 3. The van der Waals surface area contributed by atoms with Crippen LogP contribution in [0.15, 0.2) is 97.1 Å². The van der Waals surface area contributed by atoms with E-state index >= 15 is 0 Å². The number of urea groups is 1. The molecule has 2 amide bonds. The van der Waals surface area contributed by atoms with Crippen molar-refractivity contribution in [3.05, 3.63) is 103 Å². The first-order chi connectivity index (χ1) is 21.1. The third-order valence-corrected chi connectivity index (χ3v) is 6.57. The van der Waals surface area contributed by atoms with Crippen LogP contribution in [0.25, 0.3) is 22.5 Å². The number of hydrogen-bond acceptors (Lipinski definition) is 6. The molecule has 3 N–H and O–H groups in total. The fourth-order valence-corrected chi connectivity index (χ4v) is 4.81. The van der Waals surface area contributed by atoms with Gasteiger partial charge in [0.15, 0.2) is 5.82 Å². The fourth-order valence-electron chi connectivity index (χ4n) is 4.81. The number of rotatable bonds is 10. The van der Waals surface area contributed by atoms with E-state index in [1.54, 1.807) is 0 Å². The van der Waals surface area contributed by atoms with Crippen LogP contribution in [0.4, 0.5) is 35.0 Å². The smallest absolute Gasteiger partial charge is 0.406 e. The Morgan fingerprint density at radius 3 is 2.27 bits per heavy atom. The lowest BCUT2D eigenvalue weighted by Gasteiger charge is -2.29. The molecule has 226 valence electrons. The van der Waals surface area contributed by atoms with Gasteiger partial charge in [0.05, 0.1) is 11.4 Å². The molecule has 4 aromatic carbocycles. The highest BCUT2D eigenvalue weighted by Gasteiger charge is 2.31. The van der Waals surface area contributed by atoms with Crippen LogP contribution in [0, 0.1) is 5.92 Å². The van der Waals surface area contributed by atoms with Crippen molar-refractivity contribution in [2.75, 3.05) is 22.1 Å². The third kappa shape index (κ3) is 7.91. The predicted molar refractivity (Wildman–Crippen MR) is 163 cm³/mol. The average Bonchev–Trinajstić information content (AvgIpc) is 3.53. The molecule has 0 aliphatic carbocycles. The molecule has 1 aromatic heterocycles. The summed E-state index contributed by atoms with van der Waals surface area (Å²) >= 11 is 0. The van der Waals surface area contributed by atoms with E-state index in [4.69, 9.17) is 0 Å². The van der Waals surface area contributed by atoms with Gasteiger partial charge in [-0.1, -0.05) is 74.5 Å². The van der Waals surface area contributed by atoms with E-state index in [2.05, 4.69) is 66.9 Å². The zero-order valence-corrected chi connectivity index (χ0v) is 24.0. The molecule has 0 radical (unpaired) electrons. The maximum atomic E-state index is 13.3. The highest BCUT2D eigenvalue weighted by atomic mass is 19.4. The summed E-state index contributed by atoms with van der Waals surface area (Å²) in [5, 5.41) is 19.9. The number of H-pyrrole nitrogens is 1. The van der Waals surface area contributed by atoms with Gasteiger partial charge in [-0.05, 0) is 69.4 Å². The Bertz CT molecular complexity index is 1680. The zero-order valence-electron chi connectivity index (χ0n) is 24.0. The number of benzene rings is 4. The lowest BCUT2D eigenvalue weighted by atomic mass is 9.98. The first kappa shape index (κ1) is 30.1. The molecular weight excluding hydrogens is 571 g/mol. The number of carbonyl (C=O) groups excluding carboxylic acids is 1. The topological polar surface area (TPSA) is 108 Å².